The van der Waals surface area contributed by atoms with Crippen LogP contribution in [0.15, 0.2) is 12.2 Å². The van der Waals surface area contributed by atoms with Crippen LogP contribution in [0.1, 0.15) is 61.8 Å². The zero-order valence-electron chi connectivity index (χ0n) is 17.2. The lowest BCUT2D eigenvalue weighted by Crippen LogP contribution is -2.39. The maximum Gasteiger partial charge on any atom is 0.152 e. The molecule has 1 unspecified atom stereocenters. The molecule has 0 aromatic rings. The molecule has 0 aromatic carbocycles. The molecule has 0 aliphatic heterocycles. The third-order valence-corrected chi connectivity index (χ3v) is 10.3. The molecular formula is C17H34N3OPS4. The summed E-state index contributed by atoms with van der Waals surface area (Å²) in [7, 11) is -1.70. The van der Waals surface area contributed by atoms with Gasteiger partial charge >= 0.3 is 0 Å². The van der Waals surface area contributed by atoms with E-state index in [1.165, 1.54) is 0 Å². The van der Waals surface area contributed by atoms with Gasteiger partial charge in [-0.05, 0) is 33.8 Å². The topological polar surface area (TPSA) is 50.1 Å². The summed E-state index contributed by atoms with van der Waals surface area (Å²) in [6.45, 7) is 17.8. The molecule has 0 rings (SSSR count). The first-order valence-corrected chi connectivity index (χ1v) is 13.4. The summed E-state index contributed by atoms with van der Waals surface area (Å²) in [5.41, 5.74) is 0. The van der Waals surface area contributed by atoms with E-state index >= 15 is 0 Å². The van der Waals surface area contributed by atoms with E-state index < -0.39 is 8.45 Å². The number of nitrogens with zero attached hydrogens (tertiary/aromatic N) is 3. The Kier molecular flexibility index (Phi) is 14.5. The Morgan fingerprint density at radius 1 is 0.923 bits per heavy atom. The van der Waals surface area contributed by atoms with Gasteiger partial charge < -0.3 is 4.89 Å². The van der Waals surface area contributed by atoms with Crippen LogP contribution in [0, 0.1) is 11.3 Å². The molecule has 0 saturated carbocycles. The van der Waals surface area contributed by atoms with E-state index in [1.807, 2.05) is 15.6 Å². The van der Waals surface area contributed by atoms with Crippen LogP contribution in [0.2, 0.25) is 0 Å². The standard InChI is InChI=1S/C17H34N3OPS4/c1-14(2)23-19(24-15(3)4)22(21)20(25-16(5)6,26-17(7)8)13-11-9-10-12-18/h9,11,14-17H,10,13H2,1-8H3/b11-9+. The van der Waals surface area contributed by atoms with Crippen LogP contribution in [0.4, 0.5) is 0 Å². The fraction of sp³-hybridized carbons (Fsp3) is 0.824. The molecule has 0 saturated heterocycles. The minimum Gasteiger partial charge on any atom is -0.766 e. The van der Waals surface area contributed by atoms with Crippen molar-refractivity contribution < 1.29 is 7.96 Å². The summed E-state index contributed by atoms with van der Waals surface area (Å²) in [5.74, 6) is 0. The van der Waals surface area contributed by atoms with Crippen molar-refractivity contribution in [1.29, 1.82) is 5.26 Å². The highest BCUT2D eigenvalue weighted by atomic mass is 32.2. The Morgan fingerprint density at radius 3 is 1.73 bits per heavy atom. The molecule has 0 radical (unpaired) electrons. The van der Waals surface area contributed by atoms with Gasteiger partial charge in [-0.2, -0.15) is 8.33 Å². The maximum atomic E-state index is 13.8. The molecule has 26 heavy (non-hydrogen) atoms. The van der Waals surface area contributed by atoms with Gasteiger partial charge in [-0.15, -0.1) is 3.48 Å². The van der Waals surface area contributed by atoms with E-state index in [2.05, 4.69) is 61.5 Å². The summed E-state index contributed by atoms with van der Waals surface area (Å²) >= 11 is 6.79. The molecule has 0 aliphatic rings. The monoisotopic (exact) mass is 455 g/mol. The number of quaternary nitrogens is 1. The van der Waals surface area contributed by atoms with Crippen LogP contribution in [-0.4, -0.2) is 34.1 Å². The molecule has 152 valence electrons. The quantitative estimate of drug-likeness (QED) is 0.181. The Hall–Kier alpha value is 0.940. The molecule has 0 amide bonds. The van der Waals surface area contributed by atoms with Gasteiger partial charge in [0.1, 0.15) is 6.54 Å². The van der Waals surface area contributed by atoms with Crippen LogP contribution in [0.25, 0.3) is 0 Å². The van der Waals surface area contributed by atoms with E-state index in [0.717, 1.165) is 0 Å². The summed E-state index contributed by atoms with van der Waals surface area (Å²) in [5, 5.41) is 10.2. The molecule has 0 N–H and O–H groups in total. The van der Waals surface area contributed by atoms with Crippen molar-refractivity contribution in [2.45, 2.75) is 82.8 Å². The molecule has 0 heterocycles. The Bertz CT molecular complexity index is 436. The summed E-state index contributed by atoms with van der Waals surface area (Å²) < 4.78 is 2.42. The van der Waals surface area contributed by atoms with Gasteiger partial charge in [0.15, 0.2) is 8.45 Å². The number of hydrogen-bond acceptors (Lipinski definition) is 7. The predicted molar refractivity (Wildman–Crippen MR) is 124 cm³/mol. The molecule has 4 nitrogen and oxygen atoms in total. The summed E-state index contributed by atoms with van der Waals surface area (Å²) in [6.07, 6.45) is 4.29. The van der Waals surface area contributed by atoms with Gasteiger partial charge in [-0.3, -0.25) is 0 Å². The fourth-order valence-electron chi connectivity index (χ4n) is 1.84. The van der Waals surface area contributed by atoms with Crippen LogP contribution in [0.3, 0.4) is 0 Å². The lowest BCUT2D eigenvalue weighted by atomic mass is 10.4. The molecule has 1 atom stereocenters. The number of hydrogen-bond donors (Lipinski definition) is 0. The predicted octanol–water partition coefficient (Wildman–Crippen LogP) is 6.39. The second kappa shape index (κ2) is 14.0. The van der Waals surface area contributed by atoms with Gasteiger partial charge in [0.05, 0.1) is 46.9 Å². The fourth-order valence-corrected chi connectivity index (χ4v) is 12.4. The molecular weight excluding hydrogens is 421 g/mol. The zero-order chi connectivity index (χ0) is 20.3. The van der Waals surface area contributed by atoms with Gasteiger partial charge in [-0.1, -0.05) is 57.7 Å². The van der Waals surface area contributed by atoms with Crippen molar-refractivity contribution in [2.24, 2.45) is 0 Å². The molecule has 0 aromatic heterocycles. The van der Waals surface area contributed by atoms with Gasteiger partial charge in [0.2, 0.25) is 0 Å². The van der Waals surface area contributed by atoms with Gasteiger partial charge in [0.25, 0.3) is 0 Å². The van der Waals surface area contributed by atoms with Crippen molar-refractivity contribution >= 4 is 56.2 Å². The van der Waals surface area contributed by atoms with Crippen molar-refractivity contribution in [2.75, 3.05) is 6.54 Å². The van der Waals surface area contributed by atoms with Crippen LogP contribution >= 0.6 is 56.2 Å². The zero-order valence-corrected chi connectivity index (χ0v) is 21.4. The highest BCUT2D eigenvalue weighted by molar-refractivity contribution is 8.19. The maximum absolute atomic E-state index is 13.8. The Morgan fingerprint density at radius 2 is 1.38 bits per heavy atom. The smallest absolute Gasteiger partial charge is 0.152 e. The Labute approximate surface area is 180 Å². The van der Waals surface area contributed by atoms with Crippen LogP contribution < -0.4 is 4.89 Å². The third kappa shape index (κ3) is 11.1. The average molecular weight is 456 g/mol. The lowest BCUT2D eigenvalue weighted by Gasteiger charge is -2.47. The third-order valence-electron chi connectivity index (χ3n) is 2.47. The van der Waals surface area contributed by atoms with Crippen LogP contribution in [0.5, 0.6) is 0 Å². The molecule has 0 bridgehead atoms. The van der Waals surface area contributed by atoms with Gasteiger partial charge in [-0.25, -0.2) is 0 Å². The highest BCUT2D eigenvalue weighted by Gasteiger charge is 2.41. The van der Waals surface area contributed by atoms with E-state index in [9.17, 15) is 4.89 Å². The normalized spacial score (nSPS) is 14.3. The van der Waals surface area contributed by atoms with E-state index in [1.54, 1.807) is 47.8 Å². The van der Waals surface area contributed by atoms with E-state index in [-0.39, 0.29) is 0 Å². The van der Waals surface area contributed by atoms with Crippen LogP contribution in [-0.2, 0) is 0 Å². The minimum absolute atomic E-state index is 0.347. The highest BCUT2D eigenvalue weighted by Crippen LogP contribution is 2.63. The van der Waals surface area contributed by atoms with Crippen molar-refractivity contribution in [3.63, 3.8) is 0 Å². The number of nitriles is 1. The minimum atomic E-state index is -1.70. The molecule has 0 aliphatic carbocycles. The molecule has 0 spiro atoms. The Balaban J connectivity index is 5.79. The lowest BCUT2D eigenvalue weighted by molar-refractivity contribution is -0.525. The molecule has 0 fully saturated rings. The largest absolute Gasteiger partial charge is 0.766 e. The first-order chi connectivity index (χ1) is 12.0. The van der Waals surface area contributed by atoms with Crippen molar-refractivity contribution in [1.82, 2.24) is 3.48 Å². The van der Waals surface area contributed by atoms with Crippen molar-refractivity contribution in [3.8, 4) is 6.07 Å². The van der Waals surface area contributed by atoms with E-state index in [0.29, 0.717) is 37.0 Å². The van der Waals surface area contributed by atoms with E-state index in [4.69, 9.17) is 5.26 Å². The summed E-state index contributed by atoms with van der Waals surface area (Å²) in [6, 6.07) is 2.14. The van der Waals surface area contributed by atoms with Crippen molar-refractivity contribution in [3.05, 3.63) is 12.2 Å². The number of allylic oxidation sites excluding steroid dienone is 1. The second-order valence-electron chi connectivity index (χ2n) is 6.76. The number of rotatable bonds is 13. The summed E-state index contributed by atoms with van der Waals surface area (Å²) in [4.78, 5) is 13.8. The van der Waals surface area contributed by atoms with Gasteiger partial charge in [0, 0.05) is 10.5 Å². The average Bonchev–Trinajstić information content (AvgIpc) is 2.47. The first-order valence-electron chi connectivity index (χ1n) is 8.92. The second-order valence-corrected chi connectivity index (χ2v) is 16.5. The first kappa shape index (κ1) is 26.9. The molecule has 9 heteroatoms. The SMILES string of the molecule is CC(C)SN(SC(C)C)P([O-])[N+](C/C=C/CC#N)(SC(C)C)SC(C)C.